The second-order valence-electron chi connectivity index (χ2n) is 14.5. The highest BCUT2D eigenvalue weighted by molar-refractivity contribution is 5.94. The van der Waals surface area contributed by atoms with Gasteiger partial charge in [-0.05, 0) is 95.5 Å². The highest BCUT2D eigenvalue weighted by Crippen LogP contribution is 2.38. The summed E-state index contributed by atoms with van der Waals surface area (Å²) >= 11 is 0. The van der Waals surface area contributed by atoms with Gasteiger partial charge >= 0.3 is 6.09 Å². The van der Waals surface area contributed by atoms with Crippen LogP contribution in [0.3, 0.4) is 0 Å². The standard InChI is InChI=1S/C38H52N6O5/c1-25(2)36-41-33(24-48-36)30-16-17-39-35(22-30)44(23-27-6-8-28(9-7-27)32-14-15-34(47-5)26(3)40-32)37(45)29-10-12-31(13-11-29)49-38(46)43-20-18-42(4)19-21-43/h14-17,22,24-25,27-29,31H,6-13,18-21,23H2,1-5H3. The van der Waals surface area contributed by atoms with E-state index in [4.69, 9.17) is 28.8 Å². The number of ether oxygens (including phenoxy) is 2. The number of nitrogens with zero attached hydrogens (tertiary/aromatic N) is 6. The van der Waals surface area contributed by atoms with Crippen molar-refractivity contribution < 1.29 is 23.5 Å². The number of piperazine rings is 1. The van der Waals surface area contributed by atoms with Crippen molar-refractivity contribution in [1.29, 1.82) is 0 Å². The number of aryl methyl sites for hydroxylation is 1. The van der Waals surface area contributed by atoms with E-state index in [0.717, 1.165) is 67.2 Å². The molecule has 0 bridgehead atoms. The Morgan fingerprint density at radius 1 is 0.980 bits per heavy atom. The summed E-state index contributed by atoms with van der Waals surface area (Å²) in [5.74, 6) is 3.03. The topological polar surface area (TPSA) is 114 Å². The molecule has 0 aromatic carbocycles. The maximum Gasteiger partial charge on any atom is 0.410 e. The van der Waals surface area contributed by atoms with Gasteiger partial charge in [-0.2, -0.15) is 0 Å². The summed E-state index contributed by atoms with van der Waals surface area (Å²) in [6.07, 6.45) is 9.89. The molecule has 264 valence electrons. The van der Waals surface area contributed by atoms with Crippen molar-refractivity contribution in [2.75, 3.05) is 51.8 Å². The Bertz CT molecular complexity index is 1570. The van der Waals surface area contributed by atoms with E-state index in [1.807, 2.05) is 30.0 Å². The lowest BCUT2D eigenvalue weighted by atomic mass is 9.79. The highest BCUT2D eigenvalue weighted by atomic mass is 16.6. The highest BCUT2D eigenvalue weighted by Gasteiger charge is 2.35. The predicted octanol–water partition coefficient (Wildman–Crippen LogP) is 6.82. The zero-order valence-electron chi connectivity index (χ0n) is 29.8. The summed E-state index contributed by atoms with van der Waals surface area (Å²) in [6.45, 7) is 9.81. The second-order valence-corrected chi connectivity index (χ2v) is 14.5. The van der Waals surface area contributed by atoms with E-state index in [-0.39, 0.29) is 29.9 Å². The first-order chi connectivity index (χ1) is 23.7. The lowest BCUT2D eigenvalue weighted by Gasteiger charge is -2.36. The molecule has 1 saturated heterocycles. The van der Waals surface area contributed by atoms with Gasteiger partial charge in [0.05, 0.1) is 12.8 Å². The first-order valence-electron chi connectivity index (χ1n) is 18.1. The fourth-order valence-electron chi connectivity index (χ4n) is 7.47. The lowest BCUT2D eigenvalue weighted by molar-refractivity contribution is -0.124. The Morgan fingerprint density at radius 2 is 1.71 bits per heavy atom. The number of carbonyl (C=O) groups is 2. The van der Waals surface area contributed by atoms with Gasteiger partial charge in [-0.1, -0.05) is 13.8 Å². The van der Waals surface area contributed by atoms with Gasteiger partial charge in [0.25, 0.3) is 0 Å². The number of amides is 2. The van der Waals surface area contributed by atoms with Crippen LogP contribution in [0.4, 0.5) is 10.6 Å². The molecule has 6 rings (SSSR count). The van der Waals surface area contributed by atoms with E-state index in [9.17, 15) is 9.59 Å². The quantitative estimate of drug-likeness (QED) is 0.242. The van der Waals surface area contributed by atoms with Crippen molar-refractivity contribution in [3.8, 4) is 17.0 Å². The Labute approximate surface area is 290 Å². The Morgan fingerprint density at radius 3 is 2.37 bits per heavy atom. The second kappa shape index (κ2) is 15.7. The van der Waals surface area contributed by atoms with Gasteiger partial charge in [0.2, 0.25) is 5.91 Å². The molecule has 0 atom stereocenters. The van der Waals surface area contributed by atoms with Crippen molar-refractivity contribution in [3.63, 3.8) is 0 Å². The van der Waals surface area contributed by atoms with Gasteiger partial charge in [-0.25, -0.2) is 14.8 Å². The number of pyridine rings is 2. The van der Waals surface area contributed by atoms with Crippen molar-refractivity contribution in [2.24, 2.45) is 11.8 Å². The molecular weight excluding hydrogens is 620 g/mol. The predicted molar refractivity (Wildman–Crippen MR) is 188 cm³/mol. The first kappa shape index (κ1) is 34.9. The zero-order valence-corrected chi connectivity index (χ0v) is 29.8. The minimum atomic E-state index is -0.227. The first-order valence-corrected chi connectivity index (χ1v) is 18.1. The molecule has 2 aliphatic carbocycles. The Hall–Kier alpha value is -3.99. The smallest absolute Gasteiger partial charge is 0.410 e. The molecule has 0 radical (unpaired) electrons. The van der Waals surface area contributed by atoms with E-state index in [1.54, 1.807) is 24.5 Å². The third-order valence-electron chi connectivity index (χ3n) is 10.6. The van der Waals surface area contributed by atoms with Gasteiger partial charge in [-0.3, -0.25) is 14.7 Å². The fraction of sp³-hybridized carbons (Fsp3) is 0.605. The van der Waals surface area contributed by atoms with Gasteiger partial charge < -0.3 is 23.7 Å². The van der Waals surface area contributed by atoms with Crippen LogP contribution in [0.5, 0.6) is 5.75 Å². The molecule has 0 N–H and O–H groups in total. The van der Waals surface area contributed by atoms with Crippen LogP contribution in [0, 0.1) is 18.8 Å². The van der Waals surface area contributed by atoms with E-state index in [2.05, 4.69) is 31.9 Å². The number of hydrogen-bond donors (Lipinski definition) is 0. The number of methoxy groups -OCH3 is 1. The van der Waals surface area contributed by atoms with Gasteiger partial charge in [-0.15, -0.1) is 0 Å². The average molecular weight is 673 g/mol. The number of likely N-dealkylation sites (N-methyl/N-ethyl adjacent to an activating group) is 1. The largest absolute Gasteiger partial charge is 0.495 e. The van der Waals surface area contributed by atoms with Crippen molar-refractivity contribution in [3.05, 3.63) is 54.0 Å². The maximum absolute atomic E-state index is 14.4. The molecule has 1 aliphatic heterocycles. The summed E-state index contributed by atoms with van der Waals surface area (Å²) in [4.78, 5) is 47.5. The third-order valence-corrected chi connectivity index (χ3v) is 10.6. The van der Waals surface area contributed by atoms with Crippen LogP contribution in [-0.4, -0.2) is 89.7 Å². The summed E-state index contributed by atoms with van der Waals surface area (Å²) in [7, 11) is 3.75. The summed E-state index contributed by atoms with van der Waals surface area (Å²) in [5, 5.41) is 0. The number of rotatable bonds is 9. The van der Waals surface area contributed by atoms with Crippen molar-refractivity contribution in [2.45, 2.75) is 90.1 Å². The molecule has 3 aromatic rings. The average Bonchev–Trinajstić information content (AvgIpc) is 3.63. The van der Waals surface area contributed by atoms with Gasteiger partial charge in [0.15, 0.2) is 5.89 Å². The third kappa shape index (κ3) is 8.43. The summed E-state index contributed by atoms with van der Waals surface area (Å²) in [6, 6.07) is 8.00. The van der Waals surface area contributed by atoms with Crippen molar-refractivity contribution >= 4 is 17.8 Å². The molecule has 2 amide bonds. The molecule has 2 saturated carbocycles. The lowest BCUT2D eigenvalue weighted by Crippen LogP contribution is -2.48. The molecule has 3 fully saturated rings. The normalized spacial score (nSPS) is 23.3. The number of carbonyl (C=O) groups excluding carboxylic acids is 2. The van der Waals surface area contributed by atoms with Gasteiger partial charge in [0.1, 0.15) is 29.6 Å². The molecule has 0 spiro atoms. The molecular formula is C38H52N6O5. The minimum absolute atomic E-state index is 0.103. The number of aromatic nitrogens is 3. The molecule has 4 heterocycles. The van der Waals surface area contributed by atoms with Crippen LogP contribution in [0.25, 0.3) is 11.3 Å². The zero-order chi connectivity index (χ0) is 34.5. The van der Waals surface area contributed by atoms with E-state index >= 15 is 0 Å². The summed E-state index contributed by atoms with van der Waals surface area (Å²) in [5.41, 5.74) is 3.66. The maximum atomic E-state index is 14.4. The Balaban J connectivity index is 1.14. The molecule has 0 unspecified atom stereocenters. The molecule has 3 aliphatic rings. The van der Waals surface area contributed by atoms with Crippen LogP contribution in [0.1, 0.15) is 94.3 Å². The van der Waals surface area contributed by atoms with E-state index < -0.39 is 0 Å². The van der Waals surface area contributed by atoms with Gasteiger partial charge in [0, 0.05) is 67.9 Å². The monoisotopic (exact) mass is 672 g/mol. The molecule has 11 heteroatoms. The molecule has 3 aromatic heterocycles. The molecule has 11 nitrogen and oxygen atoms in total. The van der Waals surface area contributed by atoms with Crippen LogP contribution in [-0.2, 0) is 9.53 Å². The van der Waals surface area contributed by atoms with Crippen molar-refractivity contribution in [1.82, 2.24) is 24.8 Å². The van der Waals surface area contributed by atoms with E-state index in [0.29, 0.717) is 68.9 Å². The van der Waals surface area contributed by atoms with E-state index in [1.165, 1.54) is 0 Å². The fourth-order valence-corrected chi connectivity index (χ4v) is 7.47. The number of hydrogen-bond acceptors (Lipinski definition) is 9. The minimum Gasteiger partial charge on any atom is -0.495 e. The molecule has 49 heavy (non-hydrogen) atoms. The SMILES string of the molecule is COc1ccc(C2CCC(CN(C(=O)C3CCC(OC(=O)N4CCN(C)CC4)CC3)c3cc(-c4coc(C(C)C)n4)ccn3)CC2)nc1C. The van der Waals surface area contributed by atoms with Crippen LogP contribution in [0.15, 0.2) is 41.1 Å². The van der Waals surface area contributed by atoms with Crippen LogP contribution >= 0.6 is 0 Å². The van der Waals surface area contributed by atoms with Crippen LogP contribution in [0.2, 0.25) is 0 Å². The number of oxazole rings is 1. The van der Waals surface area contributed by atoms with Crippen LogP contribution < -0.4 is 9.64 Å². The Kier molecular flexibility index (Phi) is 11.2. The number of anilines is 1. The summed E-state index contributed by atoms with van der Waals surface area (Å²) < 4.78 is 17.1.